The molecule has 1 atom stereocenters. The molecule has 1 aromatic rings. The first kappa shape index (κ1) is 15.0. The standard InChI is InChI=1S/C14H12Br2N2O2S/c15-6-4-7(13(20)8(16)5-6)12-11-9(17-14(21)18-12)2-1-3-10(11)19/h4-5,12,20H,1-3H2,(H2,17,18,21). The summed E-state index contributed by atoms with van der Waals surface area (Å²) < 4.78 is 1.39. The molecule has 0 amide bonds. The van der Waals surface area contributed by atoms with Gasteiger partial charge in [-0.3, -0.25) is 4.79 Å². The summed E-state index contributed by atoms with van der Waals surface area (Å²) >= 11 is 12.0. The van der Waals surface area contributed by atoms with Crippen molar-refractivity contribution in [3.8, 4) is 5.75 Å². The van der Waals surface area contributed by atoms with Gasteiger partial charge in [-0.05, 0) is 53.1 Å². The van der Waals surface area contributed by atoms with Crippen molar-refractivity contribution in [1.29, 1.82) is 0 Å². The van der Waals surface area contributed by atoms with Gasteiger partial charge in [-0.2, -0.15) is 0 Å². The fourth-order valence-electron chi connectivity index (χ4n) is 2.74. The molecule has 3 rings (SSSR count). The predicted molar refractivity (Wildman–Crippen MR) is 91.0 cm³/mol. The summed E-state index contributed by atoms with van der Waals surface area (Å²) in [5, 5.41) is 17.0. The third kappa shape index (κ3) is 2.74. The van der Waals surface area contributed by atoms with Gasteiger partial charge in [0.2, 0.25) is 0 Å². The van der Waals surface area contributed by atoms with Crippen LogP contribution < -0.4 is 10.6 Å². The number of Topliss-reactive ketones (excluding diaryl/α,β-unsaturated/α-hetero) is 1. The second kappa shape index (κ2) is 5.70. The van der Waals surface area contributed by atoms with Crippen LogP contribution in [0.3, 0.4) is 0 Å². The van der Waals surface area contributed by atoms with Gasteiger partial charge in [0.05, 0.1) is 10.5 Å². The Bertz CT molecular complexity index is 688. The van der Waals surface area contributed by atoms with Crippen molar-refractivity contribution >= 4 is 55.0 Å². The van der Waals surface area contributed by atoms with E-state index in [1.165, 1.54) is 0 Å². The number of ketones is 1. The number of benzene rings is 1. The maximum atomic E-state index is 12.3. The average Bonchev–Trinajstić information content (AvgIpc) is 2.42. The quantitative estimate of drug-likeness (QED) is 0.594. The Hall–Kier alpha value is -0.920. The predicted octanol–water partition coefficient (Wildman–Crippen LogP) is 3.44. The highest BCUT2D eigenvalue weighted by Crippen LogP contribution is 2.41. The van der Waals surface area contributed by atoms with Crippen LogP contribution in [0.1, 0.15) is 30.9 Å². The number of hydrogen-bond donors (Lipinski definition) is 3. The van der Waals surface area contributed by atoms with E-state index in [2.05, 4.69) is 42.5 Å². The molecule has 1 heterocycles. The summed E-state index contributed by atoms with van der Waals surface area (Å²) in [6.07, 6.45) is 2.16. The molecular weight excluding hydrogens is 420 g/mol. The van der Waals surface area contributed by atoms with Gasteiger partial charge in [-0.25, -0.2) is 0 Å². The average molecular weight is 432 g/mol. The second-order valence-corrected chi connectivity index (χ2v) is 7.20. The number of halogens is 2. The van der Waals surface area contributed by atoms with E-state index >= 15 is 0 Å². The molecule has 0 bridgehead atoms. The third-order valence-electron chi connectivity index (χ3n) is 3.65. The van der Waals surface area contributed by atoms with Gasteiger partial charge >= 0.3 is 0 Å². The van der Waals surface area contributed by atoms with Gasteiger partial charge in [-0.15, -0.1) is 0 Å². The van der Waals surface area contributed by atoms with Crippen molar-refractivity contribution < 1.29 is 9.90 Å². The first-order chi connectivity index (χ1) is 9.97. The lowest BCUT2D eigenvalue weighted by molar-refractivity contribution is -0.116. The summed E-state index contributed by atoms with van der Waals surface area (Å²) in [6.45, 7) is 0. The molecule has 2 aliphatic rings. The molecule has 7 heteroatoms. The molecule has 110 valence electrons. The highest BCUT2D eigenvalue weighted by atomic mass is 79.9. The Morgan fingerprint density at radius 2 is 2.05 bits per heavy atom. The Kier molecular flexibility index (Phi) is 4.07. The lowest BCUT2D eigenvalue weighted by Gasteiger charge is -2.34. The smallest absolute Gasteiger partial charge is 0.171 e. The Morgan fingerprint density at radius 1 is 1.29 bits per heavy atom. The summed E-state index contributed by atoms with van der Waals surface area (Å²) in [7, 11) is 0. The van der Waals surface area contributed by atoms with E-state index in [1.54, 1.807) is 12.1 Å². The van der Waals surface area contributed by atoms with E-state index in [1.807, 2.05) is 0 Å². The fraction of sp³-hybridized carbons (Fsp3) is 0.286. The maximum Gasteiger partial charge on any atom is 0.171 e. The first-order valence-electron chi connectivity index (χ1n) is 6.49. The van der Waals surface area contributed by atoms with Gasteiger partial charge in [-0.1, -0.05) is 15.9 Å². The van der Waals surface area contributed by atoms with Crippen LogP contribution in [0.4, 0.5) is 0 Å². The number of aromatic hydroxyl groups is 1. The van der Waals surface area contributed by atoms with E-state index in [-0.39, 0.29) is 11.5 Å². The van der Waals surface area contributed by atoms with Crippen LogP contribution in [0.2, 0.25) is 0 Å². The van der Waals surface area contributed by atoms with Crippen LogP contribution in [-0.2, 0) is 4.79 Å². The zero-order chi connectivity index (χ0) is 15.1. The van der Waals surface area contributed by atoms with Gasteiger partial charge in [0.25, 0.3) is 0 Å². The highest BCUT2D eigenvalue weighted by molar-refractivity contribution is 9.11. The minimum absolute atomic E-state index is 0.0965. The largest absolute Gasteiger partial charge is 0.506 e. The highest BCUT2D eigenvalue weighted by Gasteiger charge is 2.34. The molecule has 0 radical (unpaired) electrons. The van der Waals surface area contributed by atoms with Gasteiger partial charge < -0.3 is 15.7 Å². The summed E-state index contributed by atoms with van der Waals surface area (Å²) in [5.41, 5.74) is 2.17. The molecule has 0 saturated carbocycles. The normalized spacial score (nSPS) is 21.7. The van der Waals surface area contributed by atoms with Crippen LogP contribution in [0.5, 0.6) is 5.75 Å². The van der Waals surface area contributed by atoms with E-state index in [0.717, 1.165) is 23.0 Å². The van der Waals surface area contributed by atoms with Crippen LogP contribution in [-0.4, -0.2) is 16.0 Å². The van der Waals surface area contributed by atoms with Crippen molar-refractivity contribution in [1.82, 2.24) is 10.6 Å². The SMILES string of the molecule is O=C1CCCC2=C1C(c1cc(Br)cc(Br)c1O)NC(=S)N2. The van der Waals surface area contributed by atoms with Crippen molar-refractivity contribution in [2.75, 3.05) is 0 Å². The third-order valence-corrected chi connectivity index (χ3v) is 4.94. The number of thiocarbonyl (C=S) groups is 1. The number of phenolic OH excluding ortho intramolecular Hbond substituents is 1. The topological polar surface area (TPSA) is 61.4 Å². The Morgan fingerprint density at radius 3 is 2.81 bits per heavy atom. The van der Waals surface area contributed by atoms with Crippen LogP contribution in [0.15, 0.2) is 32.3 Å². The Balaban J connectivity index is 2.16. The zero-order valence-electron chi connectivity index (χ0n) is 10.9. The number of hydrogen-bond acceptors (Lipinski definition) is 3. The van der Waals surface area contributed by atoms with E-state index in [0.29, 0.717) is 27.1 Å². The minimum atomic E-state index is -0.421. The number of phenols is 1. The number of carbonyl (C=O) groups is 1. The monoisotopic (exact) mass is 430 g/mol. The molecule has 1 aromatic carbocycles. The van der Waals surface area contributed by atoms with E-state index in [4.69, 9.17) is 12.2 Å². The van der Waals surface area contributed by atoms with Crippen molar-refractivity contribution in [3.05, 3.63) is 37.9 Å². The van der Waals surface area contributed by atoms with Crippen molar-refractivity contribution in [3.63, 3.8) is 0 Å². The summed E-state index contributed by atoms with van der Waals surface area (Å²) in [6, 6.07) is 3.14. The van der Waals surface area contributed by atoms with Crippen LogP contribution in [0, 0.1) is 0 Å². The number of carbonyl (C=O) groups excluding carboxylic acids is 1. The van der Waals surface area contributed by atoms with Crippen LogP contribution in [0.25, 0.3) is 0 Å². The van der Waals surface area contributed by atoms with Gasteiger partial charge in [0.15, 0.2) is 10.9 Å². The zero-order valence-corrected chi connectivity index (χ0v) is 14.9. The van der Waals surface area contributed by atoms with Crippen molar-refractivity contribution in [2.24, 2.45) is 0 Å². The molecular formula is C14H12Br2N2O2S. The molecule has 21 heavy (non-hydrogen) atoms. The van der Waals surface area contributed by atoms with Gasteiger partial charge in [0.1, 0.15) is 5.75 Å². The molecule has 0 aromatic heterocycles. The number of rotatable bonds is 1. The van der Waals surface area contributed by atoms with Crippen molar-refractivity contribution in [2.45, 2.75) is 25.3 Å². The van der Waals surface area contributed by atoms with Crippen LogP contribution >= 0.6 is 44.1 Å². The molecule has 0 fully saturated rings. The van der Waals surface area contributed by atoms with Gasteiger partial charge in [0, 0.05) is 27.7 Å². The molecule has 0 saturated heterocycles. The number of allylic oxidation sites excluding steroid dienone is 1. The fourth-order valence-corrected chi connectivity index (χ4v) is 4.24. The lowest BCUT2D eigenvalue weighted by atomic mass is 9.85. The maximum absolute atomic E-state index is 12.3. The van der Waals surface area contributed by atoms with E-state index < -0.39 is 6.04 Å². The number of nitrogens with one attached hydrogen (secondary N) is 2. The first-order valence-corrected chi connectivity index (χ1v) is 8.48. The minimum Gasteiger partial charge on any atom is -0.506 e. The Labute approximate surface area is 144 Å². The summed E-state index contributed by atoms with van der Waals surface area (Å²) in [5.74, 6) is 0.213. The van der Waals surface area contributed by atoms with E-state index in [9.17, 15) is 9.90 Å². The lowest BCUT2D eigenvalue weighted by Crippen LogP contribution is -2.46. The molecule has 3 N–H and O–H groups in total. The molecule has 0 spiro atoms. The molecule has 4 nitrogen and oxygen atoms in total. The molecule has 1 aliphatic heterocycles. The summed E-state index contributed by atoms with van der Waals surface area (Å²) in [4.78, 5) is 12.3. The molecule has 1 unspecified atom stereocenters. The molecule has 1 aliphatic carbocycles. The second-order valence-electron chi connectivity index (χ2n) is 5.03.